The van der Waals surface area contributed by atoms with Gasteiger partial charge in [-0.05, 0) is 6.92 Å². The van der Waals surface area contributed by atoms with Gasteiger partial charge in [0, 0.05) is 11.6 Å². The van der Waals surface area contributed by atoms with E-state index in [9.17, 15) is 5.11 Å². The molecule has 3 nitrogen and oxygen atoms in total. The second-order valence-corrected chi connectivity index (χ2v) is 2.79. The van der Waals surface area contributed by atoms with Crippen LogP contribution in [0.15, 0.2) is 6.07 Å². The summed E-state index contributed by atoms with van der Waals surface area (Å²) in [6.07, 6.45) is 0. The Morgan fingerprint density at radius 2 is 2.00 bits per heavy atom. The summed E-state index contributed by atoms with van der Waals surface area (Å²) >= 11 is 5.72. The molecule has 4 heteroatoms. The van der Waals surface area contributed by atoms with Crippen molar-refractivity contribution in [2.24, 2.45) is 0 Å². The Morgan fingerprint density at radius 3 is 2.50 bits per heavy atom. The minimum atomic E-state index is -0.278. The van der Waals surface area contributed by atoms with E-state index in [1.165, 1.54) is 13.2 Å². The Balaban J connectivity index is 3.42. The summed E-state index contributed by atoms with van der Waals surface area (Å²) in [5.74, 6) is -0.346. The minimum absolute atomic E-state index is 0.208. The zero-order valence-corrected chi connectivity index (χ0v) is 7.51. The van der Waals surface area contributed by atoms with Gasteiger partial charge in [0.25, 0.3) is 0 Å². The van der Waals surface area contributed by atoms with Crippen LogP contribution in [0.1, 0.15) is 5.56 Å². The van der Waals surface area contributed by atoms with E-state index < -0.39 is 0 Å². The number of phenols is 2. The third-order valence-electron chi connectivity index (χ3n) is 1.62. The first kappa shape index (κ1) is 9.00. The molecule has 0 saturated carbocycles. The number of benzene rings is 1. The molecule has 0 aliphatic carbocycles. The molecule has 0 amide bonds. The zero-order chi connectivity index (χ0) is 9.30. The van der Waals surface area contributed by atoms with Gasteiger partial charge in [0.05, 0.1) is 12.1 Å². The Hall–Kier alpha value is -1.09. The molecule has 0 aliphatic rings. The smallest absolute Gasteiger partial charge is 0.200 e. The fraction of sp³-hybridized carbons (Fsp3) is 0.250. The lowest BCUT2D eigenvalue weighted by molar-refractivity contribution is 0.349. The first-order valence-corrected chi connectivity index (χ1v) is 3.70. The molecule has 0 unspecified atom stereocenters. The lowest BCUT2D eigenvalue weighted by Gasteiger charge is -2.09. The van der Waals surface area contributed by atoms with Gasteiger partial charge in [-0.2, -0.15) is 0 Å². The second kappa shape index (κ2) is 3.11. The van der Waals surface area contributed by atoms with Crippen LogP contribution in [0.4, 0.5) is 0 Å². The summed E-state index contributed by atoms with van der Waals surface area (Å²) in [7, 11) is 1.40. The molecule has 0 aliphatic heterocycles. The van der Waals surface area contributed by atoms with Gasteiger partial charge in [-0.15, -0.1) is 0 Å². The highest BCUT2D eigenvalue weighted by Gasteiger charge is 2.13. The first-order chi connectivity index (χ1) is 5.57. The van der Waals surface area contributed by atoms with E-state index in [-0.39, 0.29) is 17.2 Å². The van der Waals surface area contributed by atoms with Gasteiger partial charge in [0.2, 0.25) is 5.75 Å². The van der Waals surface area contributed by atoms with Crippen molar-refractivity contribution in [2.75, 3.05) is 7.11 Å². The van der Waals surface area contributed by atoms with E-state index in [2.05, 4.69) is 0 Å². The van der Waals surface area contributed by atoms with Crippen LogP contribution in [0, 0.1) is 6.92 Å². The average Bonchev–Trinajstić information content (AvgIpc) is 2.02. The number of hydrogen-bond donors (Lipinski definition) is 2. The highest BCUT2D eigenvalue weighted by molar-refractivity contribution is 6.31. The topological polar surface area (TPSA) is 49.7 Å². The molecule has 1 rings (SSSR count). The number of methoxy groups -OCH3 is 1. The molecule has 0 atom stereocenters. The number of rotatable bonds is 1. The van der Waals surface area contributed by atoms with Gasteiger partial charge in [0.1, 0.15) is 0 Å². The van der Waals surface area contributed by atoms with Crippen molar-refractivity contribution in [1.29, 1.82) is 0 Å². The number of hydrogen-bond acceptors (Lipinski definition) is 3. The molecule has 1 aromatic rings. The van der Waals surface area contributed by atoms with Gasteiger partial charge in [0.15, 0.2) is 11.5 Å². The lowest BCUT2D eigenvalue weighted by Crippen LogP contribution is -1.88. The van der Waals surface area contributed by atoms with Gasteiger partial charge >= 0.3 is 0 Å². The summed E-state index contributed by atoms with van der Waals surface area (Å²) in [4.78, 5) is 0. The first-order valence-electron chi connectivity index (χ1n) is 3.33. The second-order valence-electron chi connectivity index (χ2n) is 2.38. The number of halogens is 1. The van der Waals surface area contributed by atoms with E-state index in [4.69, 9.17) is 21.4 Å². The van der Waals surface area contributed by atoms with Crippen molar-refractivity contribution in [3.8, 4) is 17.2 Å². The molecule has 0 bridgehead atoms. The van der Waals surface area contributed by atoms with Crippen molar-refractivity contribution in [3.05, 3.63) is 16.7 Å². The largest absolute Gasteiger partial charge is 0.504 e. The van der Waals surface area contributed by atoms with Crippen LogP contribution in [-0.4, -0.2) is 17.3 Å². The SMILES string of the molecule is COc1c(C)c(Cl)cc(O)c1O. The quantitative estimate of drug-likeness (QED) is 0.664. The van der Waals surface area contributed by atoms with Crippen molar-refractivity contribution < 1.29 is 14.9 Å². The molecule has 66 valence electrons. The fourth-order valence-electron chi connectivity index (χ4n) is 0.949. The van der Waals surface area contributed by atoms with E-state index in [1.54, 1.807) is 6.92 Å². The highest BCUT2D eigenvalue weighted by Crippen LogP contribution is 2.41. The monoisotopic (exact) mass is 188 g/mol. The molecular weight excluding hydrogens is 180 g/mol. The van der Waals surface area contributed by atoms with Crippen LogP contribution in [0.25, 0.3) is 0 Å². The minimum Gasteiger partial charge on any atom is -0.504 e. The molecule has 0 aromatic heterocycles. The van der Waals surface area contributed by atoms with Gasteiger partial charge in [-0.1, -0.05) is 11.6 Å². The van der Waals surface area contributed by atoms with Crippen molar-refractivity contribution in [1.82, 2.24) is 0 Å². The molecule has 1 aromatic carbocycles. The van der Waals surface area contributed by atoms with Crippen molar-refractivity contribution in [2.45, 2.75) is 6.92 Å². The van der Waals surface area contributed by atoms with Crippen molar-refractivity contribution >= 4 is 11.6 Å². The molecule has 0 radical (unpaired) electrons. The number of ether oxygens (including phenoxy) is 1. The lowest BCUT2D eigenvalue weighted by atomic mass is 10.2. The average molecular weight is 189 g/mol. The van der Waals surface area contributed by atoms with Gasteiger partial charge in [-0.25, -0.2) is 0 Å². The van der Waals surface area contributed by atoms with E-state index in [0.29, 0.717) is 10.6 Å². The molecule has 0 saturated heterocycles. The Labute approximate surface area is 75.2 Å². The van der Waals surface area contributed by atoms with Crippen LogP contribution in [-0.2, 0) is 0 Å². The maximum atomic E-state index is 9.27. The summed E-state index contributed by atoms with van der Waals surface area (Å²) in [5, 5.41) is 18.8. The summed E-state index contributed by atoms with van der Waals surface area (Å²) < 4.78 is 4.84. The summed E-state index contributed by atoms with van der Waals surface area (Å²) in [5.41, 5.74) is 0.606. The molecule has 2 N–H and O–H groups in total. The molecular formula is C8H9ClO3. The number of phenolic OH excluding ortho intramolecular Hbond substituents is 2. The standard InChI is InChI=1S/C8H9ClO3/c1-4-5(9)3-6(10)7(11)8(4)12-2/h3,10-11H,1-2H3. The van der Waals surface area contributed by atoms with E-state index in [0.717, 1.165) is 0 Å². The van der Waals surface area contributed by atoms with Crippen molar-refractivity contribution in [3.63, 3.8) is 0 Å². The predicted molar refractivity (Wildman–Crippen MR) is 46.1 cm³/mol. The van der Waals surface area contributed by atoms with Gasteiger partial charge < -0.3 is 14.9 Å². The zero-order valence-electron chi connectivity index (χ0n) is 6.76. The molecule has 0 heterocycles. The third kappa shape index (κ3) is 1.28. The Morgan fingerprint density at radius 1 is 1.42 bits per heavy atom. The predicted octanol–water partition coefficient (Wildman–Crippen LogP) is 2.07. The molecule has 12 heavy (non-hydrogen) atoms. The van der Waals surface area contributed by atoms with E-state index in [1.807, 2.05) is 0 Å². The van der Waals surface area contributed by atoms with Crippen LogP contribution in [0.2, 0.25) is 5.02 Å². The van der Waals surface area contributed by atoms with Gasteiger partial charge in [-0.3, -0.25) is 0 Å². The summed E-state index contributed by atoms with van der Waals surface area (Å²) in [6.45, 7) is 1.69. The third-order valence-corrected chi connectivity index (χ3v) is 2.02. The fourth-order valence-corrected chi connectivity index (χ4v) is 1.14. The summed E-state index contributed by atoms with van der Waals surface area (Å²) in [6, 6.07) is 1.27. The highest BCUT2D eigenvalue weighted by atomic mass is 35.5. The number of aromatic hydroxyl groups is 2. The Kier molecular flexibility index (Phi) is 2.33. The maximum absolute atomic E-state index is 9.27. The van der Waals surface area contributed by atoms with Crippen LogP contribution < -0.4 is 4.74 Å². The van der Waals surface area contributed by atoms with Crippen LogP contribution in [0.3, 0.4) is 0 Å². The molecule has 0 fully saturated rings. The van der Waals surface area contributed by atoms with Crippen LogP contribution >= 0.6 is 11.6 Å². The Bertz CT molecular complexity index is 283. The van der Waals surface area contributed by atoms with E-state index >= 15 is 0 Å². The maximum Gasteiger partial charge on any atom is 0.200 e. The van der Waals surface area contributed by atoms with Crippen LogP contribution in [0.5, 0.6) is 17.2 Å². The molecule has 0 spiro atoms. The normalized spacial score (nSPS) is 9.92.